The molecule has 0 aliphatic carbocycles. The number of alkyl carbamates (subject to hydrolysis) is 1. The Balaban J connectivity index is 1.47. The number of aromatic amines is 1. The van der Waals surface area contributed by atoms with Crippen LogP contribution in [0.5, 0.6) is 0 Å². The SMILES string of the molecule is CC1OC(=O)NC1c1nc(CCc2c[nH]c3ccccc23)no1. The number of fused-ring (bicyclic) bond motifs is 1. The third-order valence-electron chi connectivity index (χ3n) is 4.08. The molecule has 3 aromatic rings. The molecule has 3 heterocycles. The summed E-state index contributed by atoms with van der Waals surface area (Å²) in [6.07, 6.45) is 2.72. The number of benzene rings is 1. The molecular weight excluding hydrogens is 296 g/mol. The van der Waals surface area contributed by atoms with E-state index in [-0.39, 0.29) is 12.1 Å². The predicted octanol–water partition coefficient (Wildman–Crippen LogP) is 2.51. The number of hydrogen-bond donors (Lipinski definition) is 2. The monoisotopic (exact) mass is 312 g/mol. The van der Waals surface area contributed by atoms with Gasteiger partial charge in [0.2, 0.25) is 0 Å². The normalized spacial score (nSPS) is 20.7. The zero-order valence-electron chi connectivity index (χ0n) is 12.6. The van der Waals surface area contributed by atoms with Crippen LogP contribution in [0.15, 0.2) is 35.0 Å². The van der Waals surface area contributed by atoms with E-state index in [0.717, 1.165) is 11.9 Å². The average molecular weight is 312 g/mol. The van der Waals surface area contributed by atoms with E-state index < -0.39 is 6.09 Å². The largest absolute Gasteiger partial charge is 0.444 e. The first kappa shape index (κ1) is 13.8. The molecule has 118 valence electrons. The lowest BCUT2D eigenvalue weighted by molar-refractivity contribution is 0.137. The summed E-state index contributed by atoms with van der Waals surface area (Å²) >= 11 is 0. The van der Waals surface area contributed by atoms with Gasteiger partial charge in [-0.15, -0.1) is 0 Å². The van der Waals surface area contributed by atoms with Crippen molar-refractivity contribution >= 4 is 17.0 Å². The number of aryl methyl sites for hydroxylation is 2. The second-order valence-electron chi connectivity index (χ2n) is 5.64. The average Bonchev–Trinajstić information content (AvgIpc) is 3.24. The summed E-state index contributed by atoms with van der Waals surface area (Å²) in [5.41, 5.74) is 2.34. The van der Waals surface area contributed by atoms with E-state index in [1.807, 2.05) is 18.3 Å². The van der Waals surface area contributed by atoms with Crippen LogP contribution in [0.25, 0.3) is 10.9 Å². The maximum atomic E-state index is 11.2. The van der Waals surface area contributed by atoms with Gasteiger partial charge in [-0.05, 0) is 25.0 Å². The minimum Gasteiger partial charge on any atom is -0.444 e. The van der Waals surface area contributed by atoms with Crippen molar-refractivity contribution in [3.8, 4) is 0 Å². The molecule has 2 atom stereocenters. The van der Waals surface area contributed by atoms with E-state index in [2.05, 4.69) is 32.6 Å². The third kappa shape index (κ3) is 2.54. The number of rotatable bonds is 4. The van der Waals surface area contributed by atoms with Crippen molar-refractivity contribution < 1.29 is 14.1 Å². The molecule has 1 aliphatic rings. The first-order valence-electron chi connectivity index (χ1n) is 7.55. The smallest absolute Gasteiger partial charge is 0.408 e. The second kappa shape index (κ2) is 5.42. The van der Waals surface area contributed by atoms with Crippen LogP contribution in [-0.2, 0) is 17.6 Å². The molecule has 7 nitrogen and oxygen atoms in total. The van der Waals surface area contributed by atoms with Gasteiger partial charge in [0.25, 0.3) is 5.89 Å². The summed E-state index contributed by atoms with van der Waals surface area (Å²) in [5, 5.41) is 7.87. The van der Waals surface area contributed by atoms with Gasteiger partial charge < -0.3 is 19.6 Å². The zero-order chi connectivity index (χ0) is 15.8. The Kier molecular flexibility index (Phi) is 3.25. The Morgan fingerprint density at radius 3 is 2.96 bits per heavy atom. The highest BCUT2D eigenvalue weighted by Gasteiger charge is 2.35. The van der Waals surface area contributed by atoms with Gasteiger partial charge in [0.15, 0.2) is 5.82 Å². The number of cyclic esters (lactones) is 1. The minimum atomic E-state index is -0.457. The number of nitrogens with zero attached hydrogens (tertiary/aromatic N) is 2. The summed E-state index contributed by atoms with van der Waals surface area (Å²) < 4.78 is 10.3. The molecule has 7 heteroatoms. The van der Waals surface area contributed by atoms with Crippen LogP contribution >= 0.6 is 0 Å². The van der Waals surface area contributed by atoms with Crippen LogP contribution in [0.4, 0.5) is 4.79 Å². The summed E-state index contributed by atoms with van der Waals surface area (Å²) in [5.74, 6) is 1.01. The zero-order valence-corrected chi connectivity index (χ0v) is 12.6. The first-order chi connectivity index (χ1) is 11.2. The van der Waals surface area contributed by atoms with Crippen LogP contribution in [-0.4, -0.2) is 27.3 Å². The van der Waals surface area contributed by atoms with Crippen molar-refractivity contribution in [2.75, 3.05) is 0 Å². The number of aromatic nitrogens is 3. The van der Waals surface area contributed by atoms with Crippen LogP contribution in [0.1, 0.15) is 30.2 Å². The lowest BCUT2D eigenvalue weighted by atomic mass is 10.1. The predicted molar refractivity (Wildman–Crippen MR) is 81.8 cm³/mol. The number of nitrogens with one attached hydrogen (secondary N) is 2. The highest BCUT2D eigenvalue weighted by molar-refractivity contribution is 5.83. The van der Waals surface area contributed by atoms with Gasteiger partial charge in [0.05, 0.1) is 0 Å². The van der Waals surface area contributed by atoms with Crippen molar-refractivity contribution in [3.05, 3.63) is 47.7 Å². The molecule has 4 rings (SSSR count). The van der Waals surface area contributed by atoms with E-state index in [0.29, 0.717) is 18.1 Å². The summed E-state index contributed by atoms with van der Waals surface area (Å²) in [4.78, 5) is 18.9. The van der Waals surface area contributed by atoms with Crippen LogP contribution in [0.3, 0.4) is 0 Å². The molecular formula is C16H16N4O3. The molecule has 0 radical (unpaired) electrons. The maximum Gasteiger partial charge on any atom is 0.408 e. The highest BCUT2D eigenvalue weighted by atomic mass is 16.6. The van der Waals surface area contributed by atoms with E-state index in [1.165, 1.54) is 10.9 Å². The number of hydrogen-bond acceptors (Lipinski definition) is 5. The summed E-state index contributed by atoms with van der Waals surface area (Å²) in [6.45, 7) is 1.79. The first-order valence-corrected chi connectivity index (χ1v) is 7.55. The van der Waals surface area contributed by atoms with Crippen molar-refractivity contribution in [1.82, 2.24) is 20.4 Å². The van der Waals surface area contributed by atoms with Crippen molar-refractivity contribution in [2.45, 2.75) is 31.9 Å². The third-order valence-corrected chi connectivity index (χ3v) is 4.08. The fourth-order valence-electron chi connectivity index (χ4n) is 2.86. The molecule has 0 bridgehead atoms. The molecule has 1 saturated heterocycles. The van der Waals surface area contributed by atoms with Crippen molar-refractivity contribution in [2.24, 2.45) is 0 Å². The minimum absolute atomic E-state index is 0.315. The van der Waals surface area contributed by atoms with Gasteiger partial charge in [0.1, 0.15) is 12.1 Å². The van der Waals surface area contributed by atoms with E-state index in [1.54, 1.807) is 6.92 Å². The Labute approximate surface area is 132 Å². The molecule has 1 aromatic carbocycles. The number of para-hydroxylation sites is 1. The molecule has 0 spiro atoms. The molecule has 2 aromatic heterocycles. The summed E-state index contributed by atoms with van der Waals surface area (Å²) in [7, 11) is 0. The number of carbonyl (C=O) groups excluding carboxylic acids is 1. The second-order valence-corrected chi connectivity index (χ2v) is 5.64. The van der Waals surface area contributed by atoms with Gasteiger partial charge in [0, 0.05) is 23.5 Å². The summed E-state index contributed by atoms with van der Waals surface area (Å²) in [6, 6.07) is 7.80. The molecule has 23 heavy (non-hydrogen) atoms. The Bertz CT molecular complexity index is 854. The molecule has 2 unspecified atom stereocenters. The standard InChI is InChI=1S/C16H16N4O3/c1-9-14(19-16(21)22-9)15-18-13(20-23-15)7-6-10-8-17-12-5-3-2-4-11(10)12/h2-5,8-9,14,17H,6-7H2,1H3,(H,19,21). The lowest BCUT2D eigenvalue weighted by Crippen LogP contribution is -2.21. The lowest BCUT2D eigenvalue weighted by Gasteiger charge is -2.05. The molecule has 2 N–H and O–H groups in total. The number of H-pyrrole nitrogens is 1. The Morgan fingerprint density at radius 1 is 1.26 bits per heavy atom. The van der Waals surface area contributed by atoms with Gasteiger partial charge in [-0.3, -0.25) is 0 Å². The highest BCUT2D eigenvalue weighted by Crippen LogP contribution is 2.23. The maximum absolute atomic E-state index is 11.2. The number of amides is 1. The molecule has 1 amide bonds. The topological polar surface area (TPSA) is 93.0 Å². The molecule has 0 saturated carbocycles. The van der Waals surface area contributed by atoms with Gasteiger partial charge in [-0.25, -0.2) is 4.79 Å². The van der Waals surface area contributed by atoms with E-state index in [4.69, 9.17) is 9.26 Å². The van der Waals surface area contributed by atoms with Crippen molar-refractivity contribution in [1.29, 1.82) is 0 Å². The number of carbonyl (C=O) groups is 1. The molecule has 1 aliphatic heterocycles. The van der Waals surface area contributed by atoms with Crippen LogP contribution in [0.2, 0.25) is 0 Å². The molecule has 1 fully saturated rings. The fourth-order valence-corrected chi connectivity index (χ4v) is 2.86. The quantitative estimate of drug-likeness (QED) is 0.772. The van der Waals surface area contributed by atoms with Gasteiger partial charge >= 0.3 is 6.09 Å². The van der Waals surface area contributed by atoms with Gasteiger partial charge in [-0.1, -0.05) is 23.4 Å². The van der Waals surface area contributed by atoms with E-state index >= 15 is 0 Å². The van der Waals surface area contributed by atoms with E-state index in [9.17, 15) is 4.79 Å². The Hall–Kier alpha value is -2.83. The fraction of sp³-hybridized carbons (Fsp3) is 0.312. The van der Waals surface area contributed by atoms with Gasteiger partial charge in [-0.2, -0.15) is 4.98 Å². The van der Waals surface area contributed by atoms with Crippen LogP contribution < -0.4 is 5.32 Å². The number of ether oxygens (including phenoxy) is 1. The van der Waals surface area contributed by atoms with Crippen molar-refractivity contribution in [3.63, 3.8) is 0 Å². The Morgan fingerprint density at radius 2 is 2.13 bits per heavy atom. The van der Waals surface area contributed by atoms with Crippen LogP contribution in [0, 0.1) is 0 Å².